The number of amides is 3. The minimum atomic E-state index is -1.05. The zero-order chi connectivity index (χ0) is 22.5. The maximum atomic E-state index is 13.7. The molecule has 3 amide bonds. The van der Waals surface area contributed by atoms with Crippen LogP contribution < -0.4 is 10.6 Å². The second kappa shape index (κ2) is 7.91. The lowest BCUT2D eigenvalue weighted by molar-refractivity contribution is -0.144. The van der Waals surface area contributed by atoms with Gasteiger partial charge in [-0.3, -0.25) is 14.4 Å². The Morgan fingerprint density at radius 3 is 2.71 bits per heavy atom. The number of ether oxygens (including phenoxy) is 1. The number of hydrogen-bond donors (Lipinski definition) is 3. The average Bonchev–Trinajstić information content (AvgIpc) is 3.39. The molecule has 1 aromatic rings. The van der Waals surface area contributed by atoms with Gasteiger partial charge in [0.05, 0.1) is 30.6 Å². The van der Waals surface area contributed by atoms with Gasteiger partial charge >= 0.3 is 0 Å². The third kappa shape index (κ3) is 3.15. The first-order valence-corrected chi connectivity index (χ1v) is 11.0. The summed E-state index contributed by atoms with van der Waals surface area (Å²) in [4.78, 5) is 41.4. The van der Waals surface area contributed by atoms with Crippen molar-refractivity contribution in [2.45, 2.75) is 63.8 Å². The number of nitrogens with one attached hydrogen (secondary N) is 2. The number of rotatable bonds is 6. The number of likely N-dealkylation sites (tertiary alicyclic amines) is 1. The first-order chi connectivity index (χ1) is 14.8. The van der Waals surface area contributed by atoms with E-state index in [-0.39, 0.29) is 30.4 Å². The van der Waals surface area contributed by atoms with E-state index in [0.717, 1.165) is 11.1 Å². The molecule has 1 aromatic carbocycles. The molecule has 1 spiro atoms. The van der Waals surface area contributed by atoms with E-state index in [1.54, 1.807) is 7.05 Å². The van der Waals surface area contributed by atoms with Crippen molar-refractivity contribution in [3.63, 3.8) is 0 Å². The normalized spacial score (nSPS) is 32.2. The van der Waals surface area contributed by atoms with Gasteiger partial charge in [0.2, 0.25) is 17.7 Å². The van der Waals surface area contributed by atoms with Crippen molar-refractivity contribution in [2.24, 2.45) is 11.8 Å². The average molecular weight is 430 g/mol. The zero-order valence-electron chi connectivity index (χ0n) is 18.5. The van der Waals surface area contributed by atoms with E-state index in [2.05, 4.69) is 10.6 Å². The van der Waals surface area contributed by atoms with Crippen LogP contribution in [0, 0.1) is 25.7 Å². The van der Waals surface area contributed by atoms with Crippen LogP contribution >= 0.6 is 0 Å². The lowest BCUT2D eigenvalue weighted by atomic mass is 9.70. The van der Waals surface area contributed by atoms with Gasteiger partial charge in [-0.1, -0.05) is 19.1 Å². The highest BCUT2D eigenvalue weighted by molar-refractivity contribution is 6.04. The maximum Gasteiger partial charge on any atom is 0.250 e. The molecule has 3 heterocycles. The van der Waals surface area contributed by atoms with Gasteiger partial charge in [0.1, 0.15) is 11.6 Å². The number of aliphatic hydroxyl groups is 1. The topological polar surface area (TPSA) is 108 Å². The van der Waals surface area contributed by atoms with Crippen molar-refractivity contribution in [1.29, 1.82) is 0 Å². The molecule has 3 saturated heterocycles. The summed E-state index contributed by atoms with van der Waals surface area (Å²) >= 11 is 0. The summed E-state index contributed by atoms with van der Waals surface area (Å²) in [6.07, 6.45) is 1.28. The lowest BCUT2D eigenvalue weighted by Gasteiger charge is -2.36. The Morgan fingerprint density at radius 1 is 1.32 bits per heavy atom. The number of carbonyl (C=O) groups excluding carboxylic acids is 3. The zero-order valence-corrected chi connectivity index (χ0v) is 18.5. The number of hydrogen-bond acceptors (Lipinski definition) is 5. The molecule has 0 aromatic heterocycles. The molecular weight excluding hydrogens is 398 g/mol. The Labute approximate surface area is 182 Å². The summed E-state index contributed by atoms with van der Waals surface area (Å²) in [6, 6.07) is 4.38. The third-order valence-electron chi connectivity index (χ3n) is 7.26. The molecule has 3 fully saturated rings. The minimum absolute atomic E-state index is 0.238. The molecule has 0 saturated carbocycles. The second-order valence-corrected chi connectivity index (χ2v) is 8.97. The first kappa shape index (κ1) is 21.8. The van der Waals surface area contributed by atoms with Crippen LogP contribution in [-0.2, 0) is 19.1 Å². The summed E-state index contributed by atoms with van der Waals surface area (Å²) in [5.74, 6) is -2.20. The van der Waals surface area contributed by atoms with E-state index < -0.39 is 29.5 Å². The molecule has 2 unspecified atom stereocenters. The van der Waals surface area contributed by atoms with Crippen LogP contribution in [0.15, 0.2) is 18.2 Å². The van der Waals surface area contributed by atoms with Crippen LogP contribution in [-0.4, -0.2) is 65.2 Å². The highest BCUT2D eigenvalue weighted by Crippen LogP contribution is 2.58. The quantitative estimate of drug-likeness (QED) is 0.628. The summed E-state index contributed by atoms with van der Waals surface area (Å²) in [5, 5.41) is 15.6. The van der Waals surface area contributed by atoms with Crippen molar-refractivity contribution in [2.75, 3.05) is 19.0 Å². The molecule has 6 atom stereocenters. The SMILES string of the molecule is CC[C@@H](CO)N1C(=O)[C@@H]2[C@H](C(=O)NC)[C@@H]3CCC2(O3)C1C(=O)Nc1cc(C)ccc1C. The minimum Gasteiger partial charge on any atom is -0.394 e. The van der Waals surface area contributed by atoms with E-state index in [1.165, 1.54) is 4.90 Å². The lowest BCUT2D eigenvalue weighted by Crippen LogP contribution is -2.56. The third-order valence-corrected chi connectivity index (χ3v) is 7.26. The Kier molecular flexibility index (Phi) is 5.55. The van der Waals surface area contributed by atoms with E-state index in [1.807, 2.05) is 39.0 Å². The Morgan fingerprint density at radius 2 is 2.06 bits per heavy atom. The Hall–Kier alpha value is -2.45. The molecule has 4 rings (SSSR count). The van der Waals surface area contributed by atoms with Crippen LogP contribution in [0.4, 0.5) is 5.69 Å². The molecule has 8 heteroatoms. The molecule has 0 radical (unpaired) electrons. The van der Waals surface area contributed by atoms with Gasteiger partial charge in [0, 0.05) is 12.7 Å². The highest BCUT2D eigenvalue weighted by Gasteiger charge is 2.74. The summed E-state index contributed by atoms with van der Waals surface area (Å²) < 4.78 is 6.32. The largest absolute Gasteiger partial charge is 0.394 e. The fourth-order valence-corrected chi connectivity index (χ4v) is 5.74. The van der Waals surface area contributed by atoms with Crippen LogP contribution in [0.2, 0.25) is 0 Å². The number of aliphatic hydroxyl groups excluding tert-OH is 1. The van der Waals surface area contributed by atoms with Gasteiger partial charge in [0.25, 0.3) is 0 Å². The van der Waals surface area contributed by atoms with E-state index in [0.29, 0.717) is 24.9 Å². The maximum absolute atomic E-state index is 13.7. The first-order valence-electron chi connectivity index (χ1n) is 11.0. The van der Waals surface area contributed by atoms with Crippen LogP contribution in [0.5, 0.6) is 0 Å². The Bertz CT molecular complexity index is 914. The highest BCUT2D eigenvalue weighted by atomic mass is 16.5. The molecule has 31 heavy (non-hydrogen) atoms. The van der Waals surface area contributed by atoms with Crippen LogP contribution in [0.3, 0.4) is 0 Å². The van der Waals surface area contributed by atoms with Crippen molar-refractivity contribution < 1.29 is 24.2 Å². The number of nitrogens with zero attached hydrogens (tertiary/aromatic N) is 1. The van der Waals surface area contributed by atoms with Gasteiger partial charge < -0.3 is 25.4 Å². The molecule has 3 N–H and O–H groups in total. The van der Waals surface area contributed by atoms with Gasteiger partial charge in [0.15, 0.2) is 0 Å². The summed E-state index contributed by atoms with van der Waals surface area (Å²) in [7, 11) is 1.55. The van der Waals surface area contributed by atoms with Gasteiger partial charge in [-0.05, 0) is 50.3 Å². The van der Waals surface area contributed by atoms with E-state index in [9.17, 15) is 19.5 Å². The van der Waals surface area contributed by atoms with Crippen LogP contribution in [0.25, 0.3) is 0 Å². The molecule has 8 nitrogen and oxygen atoms in total. The number of carbonyl (C=O) groups is 3. The Balaban J connectivity index is 1.76. The molecule has 2 bridgehead atoms. The van der Waals surface area contributed by atoms with Crippen molar-refractivity contribution >= 4 is 23.4 Å². The number of benzene rings is 1. The predicted octanol–water partition coefficient (Wildman–Crippen LogP) is 1.13. The van der Waals surface area contributed by atoms with Crippen molar-refractivity contribution in [1.82, 2.24) is 10.2 Å². The monoisotopic (exact) mass is 429 g/mol. The van der Waals surface area contributed by atoms with Crippen molar-refractivity contribution in [3.8, 4) is 0 Å². The second-order valence-electron chi connectivity index (χ2n) is 8.97. The van der Waals surface area contributed by atoms with E-state index in [4.69, 9.17) is 4.74 Å². The number of aryl methyl sites for hydroxylation is 2. The summed E-state index contributed by atoms with van der Waals surface area (Å²) in [5.41, 5.74) is 1.56. The fraction of sp³-hybridized carbons (Fsp3) is 0.609. The molecule has 168 valence electrons. The van der Waals surface area contributed by atoms with Gasteiger partial charge in [-0.25, -0.2) is 0 Å². The smallest absolute Gasteiger partial charge is 0.250 e. The molecule has 3 aliphatic rings. The van der Waals surface area contributed by atoms with Gasteiger partial charge in [-0.15, -0.1) is 0 Å². The number of fused-ring (bicyclic) bond motifs is 1. The number of anilines is 1. The standard InChI is InChI=1S/C23H31N3O5/c1-5-14(11-27)26-19(21(29)25-15-10-12(2)6-7-13(15)3)23-9-8-16(31-23)17(20(28)24-4)18(23)22(26)30/h6-7,10,14,16-19,27H,5,8-9,11H2,1-4H3,(H,24,28)(H,25,29)/t14-,16-,17+,18-,19?,23?/m0/s1. The van der Waals surface area contributed by atoms with E-state index >= 15 is 0 Å². The summed E-state index contributed by atoms with van der Waals surface area (Å²) in [6.45, 7) is 5.47. The fourth-order valence-electron chi connectivity index (χ4n) is 5.74. The molecule has 3 aliphatic heterocycles. The van der Waals surface area contributed by atoms with Crippen molar-refractivity contribution in [3.05, 3.63) is 29.3 Å². The molecular formula is C23H31N3O5. The van der Waals surface area contributed by atoms with Gasteiger partial charge in [-0.2, -0.15) is 0 Å². The predicted molar refractivity (Wildman–Crippen MR) is 114 cm³/mol. The molecule has 0 aliphatic carbocycles. The van der Waals surface area contributed by atoms with Crippen LogP contribution in [0.1, 0.15) is 37.3 Å².